The monoisotopic (exact) mass is 277 g/mol. The van der Waals surface area contributed by atoms with Crippen LogP contribution < -0.4 is 5.73 Å². The molecule has 0 atom stereocenters. The topological polar surface area (TPSA) is 43.8 Å². The molecule has 0 bridgehead atoms. The highest BCUT2D eigenvalue weighted by atomic mass is 15.1. The van der Waals surface area contributed by atoms with Crippen molar-refractivity contribution >= 4 is 16.7 Å². The first-order valence-corrected chi connectivity index (χ1v) is 7.61. The first-order chi connectivity index (χ1) is 10.3. The Morgan fingerprint density at radius 2 is 1.76 bits per heavy atom. The van der Waals surface area contributed by atoms with Gasteiger partial charge in [0.1, 0.15) is 5.82 Å². The van der Waals surface area contributed by atoms with Crippen LogP contribution in [0.5, 0.6) is 0 Å². The van der Waals surface area contributed by atoms with E-state index in [1.807, 2.05) is 12.1 Å². The minimum atomic E-state index is 0.666. The van der Waals surface area contributed by atoms with Crippen molar-refractivity contribution in [3.05, 3.63) is 59.9 Å². The van der Waals surface area contributed by atoms with E-state index >= 15 is 0 Å². The van der Waals surface area contributed by atoms with Gasteiger partial charge >= 0.3 is 0 Å². The Hall–Kier alpha value is -2.29. The number of hydrogen-bond acceptors (Lipinski definition) is 2. The molecule has 21 heavy (non-hydrogen) atoms. The number of anilines is 1. The Bertz CT molecular complexity index is 767. The molecule has 1 fully saturated rings. The second kappa shape index (κ2) is 4.92. The van der Waals surface area contributed by atoms with E-state index in [-0.39, 0.29) is 0 Å². The zero-order valence-corrected chi connectivity index (χ0v) is 12.0. The van der Waals surface area contributed by atoms with Crippen molar-refractivity contribution in [3.63, 3.8) is 0 Å². The van der Waals surface area contributed by atoms with E-state index in [1.165, 1.54) is 29.7 Å². The molecule has 1 aromatic heterocycles. The van der Waals surface area contributed by atoms with Gasteiger partial charge in [0, 0.05) is 18.2 Å². The van der Waals surface area contributed by atoms with E-state index in [2.05, 4.69) is 41.0 Å². The number of benzene rings is 2. The molecule has 3 aromatic rings. The molecule has 0 radical (unpaired) electrons. The number of para-hydroxylation sites is 2. The Morgan fingerprint density at radius 3 is 2.52 bits per heavy atom. The average Bonchev–Trinajstić information content (AvgIpc) is 3.27. The van der Waals surface area contributed by atoms with Crippen LogP contribution in [0.15, 0.2) is 48.5 Å². The smallest absolute Gasteiger partial charge is 0.110 e. The summed E-state index contributed by atoms with van der Waals surface area (Å²) in [6.07, 6.45) is 4.57. The van der Waals surface area contributed by atoms with Crippen molar-refractivity contribution in [1.29, 1.82) is 0 Å². The van der Waals surface area contributed by atoms with E-state index in [4.69, 9.17) is 10.7 Å². The third-order valence-electron chi connectivity index (χ3n) is 4.20. The highest BCUT2D eigenvalue weighted by Gasteiger charge is 2.27. The maximum atomic E-state index is 5.74. The molecule has 1 saturated carbocycles. The second-order valence-corrected chi connectivity index (χ2v) is 5.86. The molecule has 0 spiro atoms. The molecule has 0 saturated heterocycles. The second-order valence-electron chi connectivity index (χ2n) is 5.86. The Labute approximate surface area is 124 Å². The van der Waals surface area contributed by atoms with Crippen molar-refractivity contribution < 1.29 is 0 Å². The zero-order valence-electron chi connectivity index (χ0n) is 12.0. The molecule has 106 valence electrons. The number of nitrogen functional groups attached to an aromatic ring is 1. The number of hydrogen-bond donors (Lipinski definition) is 1. The van der Waals surface area contributed by atoms with Crippen LogP contribution in [0.25, 0.3) is 11.0 Å². The van der Waals surface area contributed by atoms with Crippen LogP contribution in [0.3, 0.4) is 0 Å². The van der Waals surface area contributed by atoms with Gasteiger partial charge in [-0.1, -0.05) is 24.3 Å². The lowest BCUT2D eigenvalue weighted by Crippen LogP contribution is -2.03. The van der Waals surface area contributed by atoms with E-state index < -0.39 is 0 Å². The van der Waals surface area contributed by atoms with E-state index in [0.717, 1.165) is 24.0 Å². The van der Waals surface area contributed by atoms with Gasteiger partial charge in [0.05, 0.1) is 11.0 Å². The molecule has 0 unspecified atom stereocenters. The Morgan fingerprint density at radius 1 is 1.00 bits per heavy atom. The molecular weight excluding hydrogens is 258 g/mol. The van der Waals surface area contributed by atoms with Crippen molar-refractivity contribution in [2.75, 3.05) is 5.73 Å². The number of imidazole rings is 1. The third kappa shape index (κ3) is 2.40. The summed E-state index contributed by atoms with van der Waals surface area (Å²) in [5.41, 5.74) is 10.3. The van der Waals surface area contributed by atoms with Crippen LogP contribution in [-0.2, 0) is 12.8 Å². The summed E-state index contributed by atoms with van der Waals surface area (Å²) in [5, 5.41) is 0. The summed E-state index contributed by atoms with van der Waals surface area (Å²) in [4.78, 5) is 4.84. The molecule has 4 rings (SSSR count). The van der Waals surface area contributed by atoms with Crippen LogP contribution in [0.4, 0.5) is 5.69 Å². The summed E-state index contributed by atoms with van der Waals surface area (Å²) in [7, 11) is 0. The molecule has 1 heterocycles. The van der Waals surface area contributed by atoms with Gasteiger partial charge in [0.2, 0.25) is 0 Å². The van der Waals surface area contributed by atoms with Crippen LogP contribution >= 0.6 is 0 Å². The largest absolute Gasteiger partial charge is 0.399 e. The quantitative estimate of drug-likeness (QED) is 0.738. The molecule has 2 N–H and O–H groups in total. The SMILES string of the molecule is Nc1ccc(CCc2nc3ccccc3n2C2CC2)cc1. The van der Waals surface area contributed by atoms with Crippen molar-refractivity contribution in [3.8, 4) is 0 Å². The highest BCUT2D eigenvalue weighted by Crippen LogP contribution is 2.38. The molecule has 1 aliphatic carbocycles. The summed E-state index contributed by atoms with van der Waals surface area (Å²) in [6.45, 7) is 0. The maximum absolute atomic E-state index is 5.74. The number of nitrogens with zero attached hydrogens (tertiary/aromatic N) is 2. The number of fused-ring (bicyclic) bond motifs is 1. The maximum Gasteiger partial charge on any atom is 0.110 e. The van der Waals surface area contributed by atoms with E-state index in [1.54, 1.807) is 0 Å². The van der Waals surface area contributed by atoms with Gasteiger partial charge in [-0.25, -0.2) is 4.98 Å². The number of nitrogens with two attached hydrogens (primary N) is 1. The van der Waals surface area contributed by atoms with Crippen molar-refractivity contribution in [1.82, 2.24) is 9.55 Å². The van der Waals surface area contributed by atoms with Gasteiger partial charge in [0.15, 0.2) is 0 Å². The third-order valence-corrected chi connectivity index (χ3v) is 4.20. The predicted octanol–water partition coefficient (Wildman–Crippen LogP) is 3.74. The van der Waals surface area contributed by atoms with Crippen molar-refractivity contribution in [2.45, 2.75) is 31.7 Å². The van der Waals surface area contributed by atoms with Crippen molar-refractivity contribution in [2.24, 2.45) is 0 Å². The number of aryl methyl sites for hydroxylation is 2. The minimum absolute atomic E-state index is 0.666. The molecule has 0 amide bonds. The summed E-state index contributed by atoms with van der Waals surface area (Å²) >= 11 is 0. The Balaban J connectivity index is 1.63. The average molecular weight is 277 g/mol. The summed E-state index contributed by atoms with van der Waals surface area (Å²) in [5.74, 6) is 1.22. The standard InChI is InChI=1S/C18H19N3/c19-14-8-5-13(6-9-14)7-12-18-20-16-3-1-2-4-17(16)21(18)15-10-11-15/h1-6,8-9,15H,7,10-12,19H2. The lowest BCUT2D eigenvalue weighted by molar-refractivity contribution is 0.692. The summed E-state index contributed by atoms with van der Waals surface area (Å²) < 4.78 is 2.45. The van der Waals surface area contributed by atoms with Crippen LogP contribution in [0.2, 0.25) is 0 Å². The highest BCUT2D eigenvalue weighted by molar-refractivity contribution is 5.76. The van der Waals surface area contributed by atoms with Gasteiger partial charge in [0.25, 0.3) is 0 Å². The van der Waals surface area contributed by atoms with Crippen LogP contribution in [0.1, 0.15) is 30.3 Å². The van der Waals surface area contributed by atoms with Gasteiger partial charge < -0.3 is 10.3 Å². The first kappa shape index (κ1) is 12.5. The zero-order chi connectivity index (χ0) is 14.2. The van der Waals surface area contributed by atoms with Crippen LogP contribution in [-0.4, -0.2) is 9.55 Å². The predicted molar refractivity (Wildman–Crippen MR) is 86.3 cm³/mol. The normalized spacial score (nSPS) is 14.7. The fourth-order valence-electron chi connectivity index (χ4n) is 2.95. The van der Waals surface area contributed by atoms with E-state index in [9.17, 15) is 0 Å². The summed E-state index contributed by atoms with van der Waals surface area (Å²) in [6, 6.07) is 17.3. The fourth-order valence-corrected chi connectivity index (χ4v) is 2.95. The Kier molecular flexibility index (Phi) is 2.92. The van der Waals surface area contributed by atoms with Gasteiger partial charge in [-0.05, 0) is 49.1 Å². The molecule has 3 heteroatoms. The molecule has 3 nitrogen and oxygen atoms in total. The lowest BCUT2D eigenvalue weighted by atomic mass is 10.1. The molecule has 0 aliphatic heterocycles. The minimum Gasteiger partial charge on any atom is -0.399 e. The number of rotatable bonds is 4. The molecule has 2 aromatic carbocycles. The van der Waals surface area contributed by atoms with Crippen LogP contribution in [0, 0.1) is 0 Å². The number of aromatic nitrogens is 2. The van der Waals surface area contributed by atoms with Gasteiger partial charge in [-0.3, -0.25) is 0 Å². The van der Waals surface area contributed by atoms with Gasteiger partial charge in [-0.15, -0.1) is 0 Å². The first-order valence-electron chi connectivity index (χ1n) is 7.61. The molecule has 1 aliphatic rings. The van der Waals surface area contributed by atoms with E-state index in [0.29, 0.717) is 6.04 Å². The molecular formula is C18H19N3. The lowest BCUT2D eigenvalue weighted by Gasteiger charge is -2.07. The fraction of sp³-hybridized carbons (Fsp3) is 0.278. The van der Waals surface area contributed by atoms with Gasteiger partial charge in [-0.2, -0.15) is 0 Å².